The first-order valence-corrected chi connectivity index (χ1v) is 8.94. The second kappa shape index (κ2) is 10.8. The summed E-state index contributed by atoms with van der Waals surface area (Å²) in [4.78, 5) is 25.3. The Labute approximate surface area is 150 Å². The van der Waals surface area contributed by atoms with Crippen LogP contribution in [-0.4, -0.2) is 37.0 Å². The van der Waals surface area contributed by atoms with E-state index in [0.717, 1.165) is 5.69 Å². The molecule has 0 aliphatic heterocycles. The van der Waals surface area contributed by atoms with E-state index >= 15 is 0 Å². The van der Waals surface area contributed by atoms with Gasteiger partial charge in [-0.05, 0) is 30.4 Å². The lowest BCUT2D eigenvalue weighted by atomic mass is 10.00. The Morgan fingerprint density at radius 3 is 2.20 bits per heavy atom. The van der Waals surface area contributed by atoms with Crippen molar-refractivity contribution in [1.82, 2.24) is 10.6 Å². The molecule has 25 heavy (non-hydrogen) atoms. The van der Waals surface area contributed by atoms with Crippen LogP contribution in [0.25, 0.3) is 0 Å². The molecule has 6 heteroatoms. The maximum Gasteiger partial charge on any atom is 0.246 e. The number of rotatable bonds is 10. The molecule has 0 unspecified atom stereocenters. The number of nitrogens with two attached hydrogens (primary N) is 1. The van der Waals surface area contributed by atoms with Gasteiger partial charge in [-0.1, -0.05) is 45.9 Å². The SMILES string of the molecule is CC(C)C[C@@H](NC(=O)[C@H](NCCN)C(C)C)C(=O)Nc1ccccc1. The Morgan fingerprint density at radius 2 is 1.68 bits per heavy atom. The third kappa shape index (κ3) is 7.67. The maximum atomic E-state index is 12.6. The summed E-state index contributed by atoms with van der Waals surface area (Å²) in [5, 5.41) is 8.92. The van der Waals surface area contributed by atoms with Crippen molar-refractivity contribution >= 4 is 17.5 Å². The predicted octanol–water partition coefficient (Wildman–Crippen LogP) is 1.73. The molecule has 2 amide bonds. The molecule has 0 aromatic heterocycles. The second-order valence-electron chi connectivity index (χ2n) is 7.01. The van der Waals surface area contributed by atoms with Crippen molar-refractivity contribution in [2.45, 2.75) is 46.2 Å². The molecule has 0 saturated heterocycles. The quantitative estimate of drug-likeness (QED) is 0.518. The molecular formula is C19H32N4O2. The first-order valence-electron chi connectivity index (χ1n) is 8.94. The summed E-state index contributed by atoms with van der Waals surface area (Å²) < 4.78 is 0. The van der Waals surface area contributed by atoms with Crippen LogP contribution in [0, 0.1) is 11.8 Å². The summed E-state index contributed by atoms with van der Waals surface area (Å²) in [6, 6.07) is 8.31. The first-order chi connectivity index (χ1) is 11.8. The van der Waals surface area contributed by atoms with Crippen molar-refractivity contribution in [2.24, 2.45) is 17.6 Å². The van der Waals surface area contributed by atoms with Gasteiger partial charge >= 0.3 is 0 Å². The molecule has 0 heterocycles. The second-order valence-corrected chi connectivity index (χ2v) is 7.01. The highest BCUT2D eigenvalue weighted by Crippen LogP contribution is 2.11. The fraction of sp³-hybridized carbons (Fsp3) is 0.579. The Balaban J connectivity index is 2.79. The predicted molar refractivity (Wildman–Crippen MR) is 102 cm³/mol. The average Bonchev–Trinajstić information content (AvgIpc) is 2.54. The minimum Gasteiger partial charge on any atom is -0.343 e. The number of para-hydroxylation sites is 1. The van der Waals surface area contributed by atoms with Crippen LogP contribution in [-0.2, 0) is 9.59 Å². The summed E-state index contributed by atoms with van der Waals surface area (Å²) in [5.74, 6) is 0.0108. The largest absolute Gasteiger partial charge is 0.343 e. The molecule has 2 atom stereocenters. The Bertz CT molecular complexity index is 531. The van der Waals surface area contributed by atoms with E-state index < -0.39 is 6.04 Å². The molecule has 0 bridgehead atoms. The lowest BCUT2D eigenvalue weighted by Crippen LogP contribution is -2.54. The van der Waals surface area contributed by atoms with E-state index in [9.17, 15) is 9.59 Å². The van der Waals surface area contributed by atoms with Gasteiger partial charge in [-0.25, -0.2) is 0 Å². The van der Waals surface area contributed by atoms with Gasteiger partial charge in [0.25, 0.3) is 0 Å². The topological polar surface area (TPSA) is 96.2 Å². The standard InChI is InChI=1S/C19H32N4O2/c1-13(2)12-16(18(24)22-15-8-6-5-7-9-15)23-19(25)17(14(3)4)21-11-10-20/h5-9,13-14,16-17,21H,10-12,20H2,1-4H3,(H,22,24)(H,23,25)/t16-,17-/m1/s1. The molecule has 140 valence electrons. The summed E-state index contributed by atoms with van der Waals surface area (Å²) in [6.07, 6.45) is 0.576. The van der Waals surface area contributed by atoms with Crippen molar-refractivity contribution in [3.05, 3.63) is 30.3 Å². The molecule has 5 N–H and O–H groups in total. The number of nitrogens with one attached hydrogen (secondary N) is 3. The summed E-state index contributed by atoms with van der Waals surface area (Å²) in [7, 11) is 0. The molecule has 0 spiro atoms. The van der Waals surface area contributed by atoms with Crippen molar-refractivity contribution in [2.75, 3.05) is 18.4 Å². The molecular weight excluding hydrogens is 316 g/mol. The molecule has 0 aliphatic carbocycles. The van der Waals surface area contributed by atoms with Crippen molar-refractivity contribution in [3.8, 4) is 0 Å². The normalized spacial score (nSPS) is 13.6. The van der Waals surface area contributed by atoms with E-state index in [1.807, 2.05) is 58.0 Å². The van der Waals surface area contributed by atoms with E-state index in [4.69, 9.17) is 5.73 Å². The lowest BCUT2D eigenvalue weighted by molar-refractivity contribution is -0.129. The van der Waals surface area contributed by atoms with E-state index in [2.05, 4.69) is 16.0 Å². The Morgan fingerprint density at radius 1 is 1.04 bits per heavy atom. The van der Waals surface area contributed by atoms with Gasteiger partial charge in [0, 0.05) is 18.8 Å². The number of carbonyl (C=O) groups is 2. The van der Waals surface area contributed by atoms with Gasteiger partial charge in [0.15, 0.2) is 0 Å². The van der Waals surface area contributed by atoms with Gasteiger partial charge < -0.3 is 21.7 Å². The van der Waals surface area contributed by atoms with E-state index in [-0.39, 0.29) is 29.7 Å². The smallest absolute Gasteiger partial charge is 0.246 e. The monoisotopic (exact) mass is 348 g/mol. The van der Waals surface area contributed by atoms with E-state index in [1.165, 1.54) is 0 Å². The minimum absolute atomic E-state index is 0.100. The minimum atomic E-state index is -0.575. The van der Waals surface area contributed by atoms with E-state index in [0.29, 0.717) is 19.5 Å². The number of carbonyl (C=O) groups excluding carboxylic acids is 2. The molecule has 0 fully saturated rings. The van der Waals surface area contributed by atoms with Crippen LogP contribution in [0.2, 0.25) is 0 Å². The molecule has 1 aromatic rings. The number of anilines is 1. The Kier molecular flexibility index (Phi) is 9.16. The summed E-state index contributed by atoms with van der Waals surface area (Å²) in [5.41, 5.74) is 6.24. The molecule has 0 radical (unpaired) electrons. The number of hydrogen-bond donors (Lipinski definition) is 4. The van der Waals surface area contributed by atoms with Crippen LogP contribution in [0.3, 0.4) is 0 Å². The van der Waals surface area contributed by atoms with Crippen molar-refractivity contribution in [3.63, 3.8) is 0 Å². The number of amides is 2. The highest BCUT2D eigenvalue weighted by Gasteiger charge is 2.27. The highest BCUT2D eigenvalue weighted by molar-refractivity contribution is 5.97. The molecule has 1 aromatic carbocycles. The van der Waals surface area contributed by atoms with Gasteiger partial charge in [-0.15, -0.1) is 0 Å². The third-order valence-electron chi connectivity index (χ3n) is 3.84. The Hall–Kier alpha value is -1.92. The van der Waals surface area contributed by atoms with Gasteiger partial charge in [-0.2, -0.15) is 0 Å². The highest BCUT2D eigenvalue weighted by atomic mass is 16.2. The van der Waals surface area contributed by atoms with Crippen LogP contribution in [0.5, 0.6) is 0 Å². The molecule has 1 rings (SSSR count). The fourth-order valence-corrected chi connectivity index (χ4v) is 2.59. The van der Waals surface area contributed by atoms with Crippen LogP contribution >= 0.6 is 0 Å². The van der Waals surface area contributed by atoms with Gasteiger partial charge in [0.1, 0.15) is 6.04 Å². The van der Waals surface area contributed by atoms with E-state index in [1.54, 1.807) is 0 Å². The zero-order chi connectivity index (χ0) is 18.8. The number of benzene rings is 1. The molecule has 6 nitrogen and oxygen atoms in total. The van der Waals surface area contributed by atoms with Crippen molar-refractivity contribution in [1.29, 1.82) is 0 Å². The van der Waals surface area contributed by atoms with Gasteiger partial charge in [0.05, 0.1) is 6.04 Å². The van der Waals surface area contributed by atoms with Crippen LogP contribution in [0.15, 0.2) is 30.3 Å². The van der Waals surface area contributed by atoms with Crippen LogP contribution < -0.4 is 21.7 Å². The molecule has 0 aliphatic rings. The van der Waals surface area contributed by atoms with Gasteiger partial charge in [-0.3, -0.25) is 9.59 Å². The fourth-order valence-electron chi connectivity index (χ4n) is 2.59. The molecule has 0 saturated carbocycles. The number of hydrogen-bond acceptors (Lipinski definition) is 4. The average molecular weight is 348 g/mol. The van der Waals surface area contributed by atoms with Crippen LogP contribution in [0.1, 0.15) is 34.1 Å². The van der Waals surface area contributed by atoms with Crippen LogP contribution in [0.4, 0.5) is 5.69 Å². The third-order valence-corrected chi connectivity index (χ3v) is 3.84. The van der Waals surface area contributed by atoms with Crippen molar-refractivity contribution < 1.29 is 9.59 Å². The lowest BCUT2D eigenvalue weighted by Gasteiger charge is -2.26. The summed E-state index contributed by atoms with van der Waals surface area (Å²) >= 11 is 0. The van der Waals surface area contributed by atoms with Gasteiger partial charge in [0.2, 0.25) is 11.8 Å². The maximum absolute atomic E-state index is 12.6. The zero-order valence-corrected chi connectivity index (χ0v) is 15.7. The zero-order valence-electron chi connectivity index (χ0n) is 15.7. The summed E-state index contributed by atoms with van der Waals surface area (Å²) in [6.45, 7) is 9.01. The first kappa shape index (κ1) is 21.1.